The molecule has 0 atom stereocenters. The summed E-state index contributed by atoms with van der Waals surface area (Å²) in [5.74, 6) is 1.60. The average Bonchev–Trinajstić information content (AvgIpc) is 3.06. The standard InChI is InChI=1S/C15H18N4O2/c1-2-8-16-10-12-6-7-13(21-12)11-19-15(20)18-9-4-3-5-14(18)17-19/h3-7,9,16H,2,8,10-11H2,1H3. The van der Waals surface area contributed by atoms with E-state index in [2.05, 4.69) is 17.3 Å². The van der Waals surface area contributed by atoms with Crippen molar-refractivity contribution in [3.05, 3.63) is 58.5 Å². The fraction of sp³-hybridized carbons (Fsp3) is 0.333. The summed E-state index contributed by atoms with van der Waals surface area (Å²) in [6, 6.07) is 9.29. The molecule has 0 aliphatic rings. The largest absolute Gasteiger partial charge is 0.463 e. The number of rotatable bonds is 6. The number of hydrogen-bond acceptors (Lipinski definition) is 4. The molecular weight excluding hydrogens is 268 g/mol. The Morgan fingerprint density at radius 2 is 2.10 bits per heavy atom. The molecule has 0 unspecified atom stereocenters. The number of hydrogen-bond donors (Lipinski definition) is 1. The first-order valence-electron chi connectivity index (χ1n) is 7.10. The molecule has 0 aliphatic heterocycles. The van der Waals surface area contributed by atoms with Crippen LogP contribution in [0.5, 0.6) is 0 Å². The average molecular weight is 286 g/mol. The van der Waals surface area contributed by atoms with E-state index in [-0.39, 0.29) is 5.69 Å². The van der Waals surface area contributed by atoms with Crippen LogP contribution in [-0.4, -0.2) is 20.7 Å². The second kappa shape index (κ2) is 5.97. The van der Waals surface area contributed by atoms with Crippen LogP contribution in [0.3, 0.4) is 0 Å². The Morgan fingerprint density at radius 3 is 2.90 bits per heavy atom. The first-order chi connectivity index (χ1) is 10.3. The van der Waals surface area contributed by atoms with Gasteiger partial charge in [0.1, 0.15) is 18.1 Å². The molecule has 0 fully saturated rings. The fourth-order valence-electron chi connectivity index (χ4n) is 2.21. The maximum absolute atomic E-state index is 12.2. The highest BCUT2D eigenvalue weighted by molar-refractivity contribution is 5.35. The first kappa shape index (κ1) is 13.6. The van der Waals surface area contributed by atoms with Crippen molar-refractivity contribution in [2.75, 3.05) is 6.54 Å². The second-order valence-electron chi connectivity index (χ2n) is 4.91. The van der Waals surface area contributed by atoms with Crippen LogP contribution in [0.25, 0.3) is 5.65 Å². The minimum absolute atomic E-state index is 0.160. The van der Waals surface area contributed by atoms with Gasteiger partial charge in [0.2, 0.25) is 0 Å². The van der Waals surface area contributed by atoms with Crippen LogP contribution in [0, 0.1) is 0 Å². The van der Waals surface area contributed by atoms with Crippen LogP contribution in [0.15, 0.2) is 45.7 Å². The van der Waals surface area contributed by atoms with E-state index in [1.54, 1.807) is 12.3 Å². The molecule has 3 rings (SSSR count). The molecule has 3 aromatic rings. The highest BCUT2D eigenvalue weighted by atomic mass is 16.3. The van der Waals surface area contributed by atoms with Gasteiger partial charge in [0, 0.05) is 6.20 Å². The van der Waals surface area contributed by atoms with Crippen molar-refractivity contribution >= 4 is 5.65 Å². The molecular formula is C15H18N4O2. The molecule has 110 valence electrons. The maximum Gasteiger partial charge on any atom is 0.350 e. The summed E-state index contributed by atoms with van der Waals surface area (Å²) >= 11 is 0. The third kappa shape index (κ3) is 2.90. The molecule has 21 heavy (non-hydrogen) atoms. The number of fused-ring (bicyclic) bond motifs is 1. The van der Waals surface area contributed by atoms with Crippen molar-refractivity contribution in [3.8, 4) is 0 Å². The summed E-state index contributed by atoms with van der Waals surface area (Å²) in [5, 5.41) is 7.56. The fourth-order valence-corrected chi connectivity index (χ4v) is 2.21. The Morgan fingerprint density at radius 1 is 1.24 bits per heavy atom. The Kier molecular flexibility index (Phi) is 3.87. The van der Waals surface area contributed by atoms with Crippen molar-refractivity contribution in [2.24, 2.45) is 0 Å². The van der Waals surface area contributed by atoms with E-state index in [0.29, 0.717) is 18.7 Å². The number of furan rings is 1. The highest BCUT2D eigenvalue weighted by Gasteiger charge is 2.09. The molecule has 0 spiro atoms. The lowest BCUT2D eigenvalue weighted by atomic mass is 10.4. The van der Waals surface area contributed by atoms with Gasteiger partial charge in [-0.05, 0) is 37.2 Å². The van der Waals surface area contributed by atoms with Crippen LogP contribution in [0.1, 0.15) is 24.9 Å². The minimum Gasteiger partial charge on any atom is -0.463 e. The molecule has 0 aromatic carbocycles. The van der Waals surface area contributed by atoms with E-state index in [4.69, 9.17) is 4.42 Å². The Labute approximate surface area is 122 Å². The van der Waals surface area contributed by atoms with E-state index in [0.717, 1.165) is 24.5 Å². The van der Waals surface area contributed by atoms with Crippen LogP contribution in [0.2, 0.25) is 0 Å². The smallest absolute Gasteiger partial charge is 0.350 e. The maximum atomic E-state index is 12.2. The van der Waals surface area contributed by atoms with Crippen LogP contribution in [-0.2, 0) is 13.1 Å². The predicted molar refractivity (Wildman–Crippen MR) is 79.3 cm³/mol. The summed E-state index contributed by atoms with van der Waals surface area (Å²) < 4.78 is 8.65. The van der Waals surface area contributed by atoms with Gasteiger partial charge in [0.05, 0.1) is 6.54 Å². The van der Waals surface area contributed by atoms with Gasteiger partial charge >= 0.3 is 5.69 Å². The Hall–Kier alpha value is -2.34. The molecule has 0 saturated heterocycles. The predicted octanol–water partition coefficient (Wildman–Crippen LogP) is 1.64. The normalized spacial score (nSPS) is 11.3. The van der Waals surface area contributed by atoms with E-state index < -0.39 is 0 Å². The molecule has 0 saturated carbocycles. The summed E-state index contributed by atoms with van der Waals surface area (Å²) in [6.45, 7) is 4.13. The molecule has 1 N–H and O–H groups in total. The summed E-state index contributed by atoms with van der Waals surface area (Å²) in [4.78, 5) is 12.2. The van der Waals surface area contributed by atoms with Gasteiger partial charge in [-0.1, -0.05) is 13.0 Å². The molecule has 3 heterocycles. The molecule has 0 aliphatic carbocycles. The summed E-state index contributed by atoms with van der Waals surface area (Å²) in [5.41, 5.74) is 0.478. The Bertz CT molecular complexity index is 784. The van der Waals surface area contributed by atoms with Gasteiger partial charge in [-0.15, -0.1) is 5.10 Å². The van der Waals surface area contributed by atoms with Crippen molar-refractivity contribution in [3.63, 3.8) is 0 Å². The molecule has 0 radical (unpaired) electrons. The van der Waals surface area contributed by atoms with Gasteiger partial charge in [-0.2, -0.15) is 0 Å². The number of nitrogens with zero attached hydrogens (tertiary/aromatic N) is 3. The van der Waals surface area contributed by atoms with Crippen molar-refractivity contribution in [1.29, 1.82) is 0 Å². The Balaban J connectivity index is 1.76. The lowest BCUT2D eigenvalue weighted by Crippen LogP contribution is -2.21. The van der Waals surface area contributed by atoms with E-state index in [1.165, 1.54) is 9.08 Å². The zero-order valence-corrected chi connectivity index (χ0v) is 12.0. The lowest BCUT2D eigenvalue weighted by Gasteiger charge is -1.99. The van der Waals surface area contributed by atoms with Crippen LogP contribution >= 0.6 is 0 Å². The number of aromatic nitrogens is 3. The zero-order chi connectivity index (χ0) is 14.7. The molecule has 0 amide bonds. The van der Waals surface area contributed by atoms with Crippen LogP contribution in [0.4, 0.5) is 0 Å². The molecule has 0 bridgehead atoms. The van der Waals surface area contributed by atoms with Gasteiger partial charge in [0.25, 0.3) is 0 Å². The quantitative estimate of drug-likeness (QED) is 0.700. The number of pyridine rings is 1. The first-order valence-corrected chi connectivity index (χ1v) is 7.10. The summed E-state index contributed by atoms with van der Waals surface area (Å²) in [7, 11) is 0. The highest BCUT2D eigenvalue weighted by Crippen LogP contribution is 2.09. The lowest BCUT2D eigenvalue weighted by molar-refractivity contribution is 0.428. The van der Waals surface area contributed by atoms with E-state index in [1.807, 2.05) is 24.3 Å². The van der Waals surface area contributed by atoms with Crippen molar-refractivity contribution in [1.82, 2.24) is 19.5 Å². The van der Waals surface area contributed by atoms with Gasteiger partial charge in [-0.25, -0.2) is 9.48 Å². The minimum atomic E-state index is -0.160. The molecule has 6 heteroatoms. The van der Waals surface area contributed by atoms with E-state index in [9.17, 15) is 4.79 Å². The second-order valence-corrected chi connectivity index (χ2v) is 4.91. The number of nitrogens with one attached hydrogen (secondary N) is 1. The van der Waals surface area contributed by atoms with Crippen molar-refractivity contribution in [2.45, 2.75) is 26.4 Å². The third-order valence-corrected chi connectivity index (χ3v) is 3.24. The summed E-state index contributed by atoms with van der Waals surface area (Å²) in [6.07, 6.45) is 2.80. The molecule has 3 aromatic heterocycles. The third-order valence-electron chi connectivity index (χ3n) is 3.24. The van der Waals surface area contributed by atoms with Crippen molar-refractivity contribution < 1.29 is 4.42 Å². The zero-order valence-electron chi connectivity index (χ0n) is 12.0. The SMILES string of the molecule is CCCNCc1ccc(Cn2nc3ccccn3c2=O)o1. The van der Waals surface area contributed by atoms with Crippen LogP contribution < -0.4 is 11.0 Å². The van der Waals surface area contributed by atoms with Gasteiger partial charge in [-0.3, -0.25) is 4.40 Å². The van der Waals surface area contributed by atoms with E-state index >= 15 is 0 Å². The molecule has 6 nitrogen and oxygen atoms in total. The monoisotopic (exact) mass is 286 g/mol. The topological polar surface area (TPSA) is 64.5 Å². The van der Waals surface area contributed by atoms with Gasteiger partial charge in [0.15, 0.2) is 5.65 Å². The van der Waals surface area contributed by atoms with Gasteiger partial charge < -0.3 is 9.73 Å².